The van der Waals surface area contributed by atoms with E-state index in [1.807, 2.05) is 29.2 Å². The Kier molecular flexibility index (Phi) is 6.50. The normalized spacial score (nSPS) is 21.8. The van der Waals surface area contributed by atoms with Crippen molar-refractivity contribution in [2.24, 2.45) is 0 Å². The van der Waals surface area contributed by atoms with Crippen LogP contribution in [0.25, 0.3) is 0 Å². The predicted molar refractivity (Wildman–Crippen MR) is 99.9 cm³/mol. The SMILES string of the molecule is C[C@@H]1CNC(=O)CCN1Cc1ccc(OCC(=O)N2CCCCC2)cc1. The monoisotopic (exact) mass is 359 g/mol. The van der Waals surface area contributed by atoms with Crippen LogP contribution in [-0.2, 0) is 16.1 Å². The number of hydrogen-bond acceptors (Lipinski definition) is 4. The van der Waals surface area contributed by atoms with Gasteiger partial charge in [-0.1, -0.05) is 12.1 Å². The molecule has 6 heteroatoms. The van der Waals surface area contributed by atoms with E-state index in [0.29, 0.717) is 19.0 Å². The van der Waals surface area contributed by atoms with Gasteiger partial charge in [-0.3, -0.25) is 14.5 Å². The molecule has 1 N–H and O–H groups in total. The van der Waals surface area contributed by atoms with Gasteiger partial charge in [0.15, 0.2) is 6.61 Å². The number of hydrogen-bond donors (Lipinski definition) is 1. The molecular weight excluding hydrogens is 330 g/mol. The van der Waals surface area contributed by atoms with Gasteiger partial charge in [-0.15, -0.1) is 0 Å². The third kappa shape index (κ3) is 5.21. The molecule has 0 spiro atoms. The van der Waals surface area contributed by atoms with Crippen molar-refractivity contribution in [3.05, 3.63) is 29.8 Å². The van der Waals surface area contributed by atoms with E-state index < -0.39 is 0 Å². The number of carbonyl (C=O) groups is 2. The van der Waals surface area contributed by atoms with Crippen molar-refractivity contribution in [3.8, 4) is 5.75 Å². The Hall–Kier alpha value is -2.08. The summed E-state index contributed by atoms with van der Waals surface area (Å²) >= 11 is 0. The molecule has 0 aliphatic carbocycles. The minimum absolute atomic E-state index is 0.0735. The molecule has 2 fully saturated rings. The van der Waals surface area contributed by atoms with Crippen molar-refractivity contribution in [2.75, 3.05) is 32.8 Å². The maximum atomic E-state index is 12.2. The van der Waals surface area contributed by atoms with Crippen LogP contribution in [0.15, 0.2) is 24.3 Å². The van der Waals surface area contributed by atoms with E-state index in [4.69, 9.17) is 4.74 Å². The molecule has 2 aliphatic heterocycles. The second-order valence-corrected chi connectivity index (χ2v) is 7.25. The number of ether oxygens (including phenoxy) is 1. The smallest absolute Gasteiger partial charge is 0.260 e. The first-order valence-electron chi connectivity index (χ1n) is 9.62. The predicted octanol–water partition coefficient (Wildman–Crippen LogP) is 1.79. The molecule has 2 heterocycles. The van der Waals surface area contributed by atoms with Crippen LogP contribution in [0.5, 0.6) is 5.75 Å². The van der Waals surface area contributed by atoms with Crippen molar-refractivity contribution in [1.82, 2.24) is 15.1 Å². The summed E-state index contributed by atoms with van der Waals surface area (Å²) in [4.78, 5) is 27.9. The Bertz CT molecular complexity index is 611. The molecule has 0 radical (unpaired) electrons. The van der Waals surface area contributed by atoms with Gasteiger partial charge >= 0.3 is 0 Å². The fraction of sp³-hybridized carbons (Fsp3) is 0.600. The molecule has 6 nitrogen and oxygen atoms in total. The number of likely N-dealkylation sites (tertiary alicyclic amines) is 1. The van der Waals surface area contributed by atoms with Crippen LogP contribution in [0.2, 0.25) is 0 Å². The molecule has 142 valence electrons. The number of rotatable bonds is 5. The highest BCUT2D eigenvalue weighted by Gasteiger charge is 2.20. The highest BCUT2D eigenvalue weighted by Crippen LogP contribution is 2.16. The number of nitrogens with zero attached hydrogens (tertiary/aromatic N) is 2. The Labute approximate surface area is 155 Å². The minimum Gasteiger partial charge on any atom is -0.484 e. The van der Waals surface area contributed by atoms with Gasteiger partial charge in [-0.05, 0) is 43.9 Å². The maximum Gasteiger partial charge on any atom is 0.260 e. The first-order valence-corrected chi connectivity index (χ1v) is 9.62. The Balaban J connectivity index is 1.48. The number of piperidine rings is 1. The summed E-state index contributed by atoms with van der Waals surface area (Å²) in [7, 11) is 0. The summed E-state index contributed by atoms with van der Waals surface area (Å²) < 4.78 is 5.66. The average molecular weight is 359 g/mol. The van der Waals surface area contributed by atoms with Crippen molar-refractivity contribution in [3.63, 3.8) is 0 Å². The van der Waals surface area contributed by atoms with Crippen LogP contribution in [-0.4, -0.2) is 60.4 Å². The van der Waals surface area contributed by atoms with Gasteiger partial charge in [0.2, 0.25) is 5.91 Å². The van der Waals surface area contributed by atoms with Gasteiger partial charge in [0.25, 0.3) is 5.91 Å². The fourth-order valence-corrected chi connectivity index (χ4v) is 3.48. The largest absolute Gasteiger partial charge is 0.484 e. The molecule has 0 saturated carbocycles. The van der Waals surface area contributed by atoms with Gasteiger partial charge in [0.05, 0.1) is 0 Å². The van der Waals surface area contributed by atoms with E-state index in [9.17, 15) is 9.59 Å². The van der Waals surface area contributed by atoms with E-state index in [0.717, 1.165) is 44.8 Å². The van der Waals surface area contributed by atoms with Crippen molar-refractivity contribution in [2.45, 2.75) is 45.2 Å². The quantitative estimate of drug-likeness (QED) is 0.871. The van der Waals surface area contributed by atoms with Crippen LogP contribution in [0, 0.1) is 0 Å². The molecule has 2 saturated heterocycles. The molecule has 1 aromatic rings. The molecule has 0 aromatic heterocycles. The number of benzene rings is 1. The van der Waals surface area contributed by atoms with E-state index in [1.165, 1.54) is 12.0 Å². The summed E-state index contributed by atoms with van der Waals surface area (Å²) in [5.74, 6) is 0.922. The minimum atomic E-state index is 0.0735. The second-order valence-electron chi connectivity index (χ2n) is 7.25. The van der Waals surface area contributed by atoms with Gasteiger partial charge in [-0.25, -0.2) is 0 Å². The highest BCUT2D eigenvalue weighted by atomic mass is 16.5. The summed E-state index contributed by atoms with van der Waals surface area (Å²) in [5, 5.41) is 2.94. The first-order chi connectivity index (χ1) is 12.6. The number of nitrogens with one attached hydrogen (secondary N) is 1. The second kappa shape index (κ2) is 9.03. The van der Waals surface area contributed by atoms with Crippen LogP contribution < -0.4 is 10.1 Å². The van der Waals surface area contributed by atoms with E-state index >= 15 is 0 Å². The maximum absolute atomic E-state index is 12.2. The fourth-order valence-electron chi connectivity index (χ4n) is 3.48. The summed E-state index contributed by atoms with van der Waals surface area (Å²) in [5.41, 5.74) is 1.18. The molecule has 2 aliphatic rings. The zero-order chi connectivity index (χ0) is 18.4. The Morgan fingerprint density at radius 3 is 2.62 bits per heavy atom. The average Bonchev–Trinajstić information content (AvgIpc) is 2.83. The lowest BCUT2D eigenvalue weighted by molar-refractivity contribution is -0.134. The van der Waals surface area contributed by atoms with Gasteiger partial charge in [0.1, 0.15) is 5.75 Å². The molecule has 3 rings (SSSR count). The highest BCUT2D eigenvalue weighted by molar-refractivity contribution is 5.77. The third-order valence-electron chi connectivity index (χ3n) is 5.22. The molecule has 0 bridgehead atoms. The van der Waals surface area contributed by atoms with Crippen molar-refractivity contribution in [1.29, 1.82) is 0 Å². The van der Waals surface area contributed by atoms with Crippen molar-refractivity contribution >= 4 is 11.8 Å². The molecular formula is C20H29N3O3. The number of amides is 2. The zero-order valence-corrected chi connectivity index (χ0v) is 15.6. The van der Waals surface area contributed by atoms with E-state index in [-0.39, 0.29) is 18.4 Å². The number of carbonyl (C=O) groups excluding carboxylic acids is 2. The lowest BCUT2D eigenvalue weighted by atomic mass is 10.1. The molecule has 1 atom stereocenters. The zero-order valence-electron chi connectivity index (χ0n) is 15.6. The summed E-state index contributed by atoms with van der Waals surface area (Å²) in [6.07, 6.45) is 3.95. The summed E-state index contributed by atoms with van der Waals surface area (Å²) in [6.45, 7) is 6.22. The third-order valence-corrected chi connectivity index (χ3v) is 5.22. The van der Waals surface area contributed by atoms with E-state index in [1.54, 1.807) is 0 Å². The van der Waals surface area contributed by atoms with Gasteiger partial charge < -0.3 is 15.0 Å². The Morgan fingerprint density at radius 2 is 1.88 bits per heavy atom. The molecule has 1 aromatic carbocycles. The lowest BCUT2D eigenvalue weighted by Crippen LogP contribution is -2.38. The summed E-state index contributed by atoms with van der Waals surface area (Å²) in [6, 6.07) is 8.23. The van der Waals surface area contributed by atoms with Crippen molar-refractivity contribution < 1.29 is 14.3 Å². The standard InChI is InChI=1S/C20H29N3O3/c1-16-13-21-19(24)9-12-23(16)14-17-5-7-18(8-6-17)26-15-20(25)22-10-3-2-4-11-22/h5-8,16H,2-4,9-15H2,1H3,(H,21,24)/t16-/m1/s1. The first kappa shape index (κ1) is 18.7. The van der Waals surface area contributed by atoms with Gasteiger partial charge in [0, 0.05) is 45.2 Å². The van der Waals surface area contributed by atoms with Crippen LogP contribution in [0.1, 0.15) is 38.2 Å². The van der Waals surface area contributed by atoms with Gasteiger partial charge in [-0.2, -0.15) is 0 Å². The molecule has 0 unspecified atom stereocenters. The van der Waals surface area contributed by atoms with Crippen LogP contribution >= 0.6 is 0 Å². The van der Waals surface area contributed by atoms with E-state index in [2.05, 4.69) is 17.1 Å². The lowest BCUT2D eigenvalue weighted by Gasteiger charge is -2.27. The molecule has 2 amide bonds. The molecule has 26 heavy (non-hydrogen) atoms. The Morgan fingerprint density at radius 1 is 1.15 bits per heavy atom. The van der Waals surface area contributed by atoms with Crippen LogP contribution in [0.4, 0.5) is 0 Å². The topological polar surface area (TPSA) is 61.9 Å². The van der Waals surface area contributed by atoms with Crippen LogP contribution in [0.3, 0.4) is 0 Å².